The average Bonchev–Trinajstić information content (AvgIpc) is 2.26. The molecule has 94 valence electrons. The molecule has 0 bridgehead atoms. The highest BCUT2D eigenvalue weighted by molar-refractivity contribution is 5.88. The molecule has 0 radical (unpaired) electrons. The molecule has 0 heterocycles. The van der Waals surface area contributed by atoms with E-state index in [1.54, 1.807) is 12.1 Å². The number of benzene rings is 2. The van der Waals surface area contributed by atoms with Crippen LogP contribution in [0.1, 0.15) is 11.1 Å². The number of aliphatic carboxylic acids is 1. The molecule has 2 rings (SSSR count). The average molecular weight is 254 g/mol. The van der Waals surface area contributed by atoms with Gasteiger partial charge in [-0.3, -0.25) is 4.79 Å². The molecule has 0 unspecified atom stereocenters. The summed E-state index contributed by atoms with van der Waals surface area (Å²) >= 11 is 0. The Morgan fingerprint density at radius 2 is 1.78 bits per heavy atom. The SMILES string of the molecule is O=C(O)Cc1ccc2ccccc2c1C(F)(F)F. The molecule has 5 heteroatoms. The van der Waals surface area contributed by atoms with Crippen LogP contribution < -0.4 is 0 Å². The minimum atomic E-state index is -4.56. The van der Waals surface area contributed by atoms with Crippen LogP contribution in [0.25, 0.3) is 10.8 Å². The second-order valence-corrected chi connectivity index (χ2v) is 3.89. The first-order chi connectivity index (χ1) is 8.39. The number of halogens is 3. The van der Waals surface area contributed by atoms with E-state index < -0.39 is 24.1 Å². The fourth-order valence-electron chi connectivity index (χ4n) is 1.96. The lowest BCUT2D eigenvalue weighted by Gasteiger charge is -2.14. The highest BCUT2D eigenvalue weighted by Gasteiger charge is 2.35. The minimum Gasteiger partial charge on any atom is -0.481 e. The van der Waals surface area contributed by atoms with Crippen LogP contribution in [0.4, 0.5) is 13.2 Å². The molecule has 0 aromatic heterocycles. The second kappa shape index (κ2) is 4.33. The predicted molar refractivity (Wildman–Crippen MR) is 60.3 cm³/mol. The molecule has 0 saturated heterocycles. The van der Waals surface area contributed by atoms with Gasteiger partial charge in [0.05, 0.1) is 12.0 Å². The molecule has 0 amide bonds. The smallest absolute Gasteiger partial charge is 0.417 e. The summed E-state index contributed by atoms with van der Waals surface area (Å²) in [5, 5.41) is 9.14. The number of carboxylic acids is 1. The molecular weight excluding hydrogens is 245 g/mol. The Kier molecular flexibility index (Phi) is 2.98. The number of alkyl halides is 3. The molecule has 0 spiro atoms. The van der Waals surface area contributed by atoms with Crippen LogP contribution in [0, 0.1) is 0 Å². The molecule has 0 fully saturated rings. The molecule has 2 aromatic carbocycles. The maximum Gasteiger partial charge on any atom is 0.417 e. The molecule has 2 aromatic rings. The van der Waals surface area contributed by atoms with Gasteiger partial charge in [0.15, 0.2) is 0 Å². The highest BCUT2D eigenvalue weighted by atomic mass is 19.4. The molecule has 0 aliphatic carbocycles. The largest absolute Gasteiger partial charge is 0.481 e. The normalized spacial score (nSPS) is 11.7. The van der Waals surface area contributed by atoms with Crippen molar-refractivity contribution in [2.45, 2.75) is 12.6 Å². The lowest BCUT2D eigenvalue weighted by molar-refractivity contribution is -0.138. The summed E-state index contributed by atoms with van der Waals surface area (Å²) in [4.78, 5) is 10.6. The van der Waals surface area contributed by atoms with Gasteiger partial charge in [0.1, 0.15) is 0 Å². The number of rotatable bonds is 2. The third-order valence-electron chi connectivity index (χ3n) is 2.64. The molecular formula is C13H9F3O2. The first-order valence-corrected chi connectivity index (χ1v) is 5.19. The van der Waals surface area contributed by atoms with Gasteiger partial charge in [0.25, 0.3) is 0 Å². The van der Waals surface area contributed by atoms with Gasteiger partial charge in [-0.05, 0) is 16.3 Å². The van der Waals surface area contributed by atoms with Gasteiger partial charge in [-0.2, -0.15) is 13.2 Å². The number of hydrogen-bond acceptors (Lipinski definition) is 1. The Bertz CT molecular complexity index is 603. The van der Waals surface area contributed by atoms with E-state index in [0.29, 0.717) is 5.39 Å². The van der Waals surface area contributed by atoms with Crippen LogP contribution in [0.3, 0.4) is 0 Å². The third-order valence-corrected chi connectivity index (χ3v) is 2.64. The number of fused-ring (bicyclic) bond motifs is 1. The molecule has 0 atom stereocenters. The summed E-state index contributed by atoms with van der Waals surface area (Å²) in [5.41, 5.74) is -1.07. The van der Waals surface area contributed by atoms with E-state index in [4.69, 9.17) is 5.11 Å². The Labute approximate surface area is 101 Å². The van der Waals surface area contributed by atoms with E-state index in [0.717, 1.165) is 0 Å². The zero-order chi connectivity index (χ0) is 13.3. The van der Waals surface area contributed by atoms with Crippen molar-refractivity contribution in [3.8, 4) is 0 Å². The van der Waals surface area contributed by atoms with Gasteiger partial charge in [0.2, 0.25) is 0 Å². The van der Waals surface area contributed by atoms with E-state index >= 15 is 0 Å². The van der Waals surface area contributed by atoms with Crippen LogP contribution in [-0.2, 0) is 17.4 Å². The summed E-state index contributed by atoms with van der Waals surface area (Å²) in [6.45, 7) is 0. The van der Waals surface area contributed by atoms with Crippen molar-refractivity contribution in [1.82, 2.24) is 0 Å². The van der Waals surface area contributed by atoms with Gasteiger partial charge >= 0.3 is 12.1 Å². The third kappa shape index (κ3) is 2.30. The lowest BCUT2D eigenvalue weighted by Crippen LogP contribution is -2.13. The van der Waals surface area contributed by atoms with Gasteiger partial charge < -0.3 is 5.11 Å². The first kappa shape index (κ1) is 12.4. The Balaban J connectivity index is 2.75. The Morgan fingerprint density at radius 3 is 2.39 bits per heavy atom. The zero-order valence-electron chi connectivity index (χ0n) is 9.16. The van der Waals surface area contributed by atoms with E-state index in [-0.39, 0.29) is 10.9 Å². The van der Waals surface area contributed by atoms with Crippen LogP contribution >= 0.6 is 0 Å². The summed E-state index contributed by atoms with van der Waals surface area (Å²) in [6.07, 6.45) is -5.20. The van der Waals surface area contributed by atoms with Crippen molar-refractivity contribution in [3.05, 3.63) is 47.5 Å². The number of hydrogen-bond donors (Lipinski definition) is 1. The predicted octanol–water partition coefficient (Wildman–Crippen LogP) is 3.49. The zero-order valence-corrected chi connectivity index (χ0v) is 9.16. The summed E-state index contributed by atoms with van der Waals surface area (Å²) in [6, 6.07) is 8.78. The minimum absolute atomic E-state index is 0.0313. The van der Waals surface area contributed by atoms with Crippen molar-refractivity contribution in [2.24, 2.45) is 0 Å². The molecule has 18 heavy (non-hydrogen) atoms. The fourth-order valence-corrected chi connectivity index (χ4v) is 1.96. The quantitative estimate of drug-likeness (QED) is 0.890. The molecule has 0 aliphatic heterocycles. The number of carbonyl (C=O) groups is 1. The first-order valence-electron chi connectivity index (χ1n) is 5.19. The standard InChI is InChI=1S/C13H9F3O2/c14-13(15,16)12-9(7-11(17)18)6-5-8-3-1-2-4-10(8)12/h1-6H,7H2,(H,17,18). The van der Waals surface area contributed by atoms with E-state index in [1.165, 1.54) is 24.3 Å². The van der Waals surface area contributed by atoms with Crippen molar-refractivity contribution in [2.75, 3.05) is 0 Å². The maximum absolute atomic E-state index is 13.0. The van der Waals surface area contributed by atoms with Crippen molar-refractivity contribution < 1.29 is 23.1 Å². The Hall–Kier alpha value is -2.04. The van der Waals surface area contributed by atoms with E-state index in [2.05, 4.69) is 0 Å². The van der Waals surface area contributed by atoms with Crippen LogP contribution in [0.15, 0.2) is 36.4 Å². The monoisotopic (exact) mass is 254 g/mol. The van der Waals surface area contributed by atoms with Gasteiger partial charge in [0, 0.05) is 0 Å². The second-order valence-electron chi connectivity index (χ2n) is 3.89. The van der Waals surface area contributed by atoms with Crippen LogP contribution in [-0.4, -0.2) is 11.1 Å². The topological polar surface area (TPSA) is 37.3 Å². The Morgan fingerprint density at radius 1 is 1.11 bits per heavy atom. The summed E-state index contributed by atoms with van der Waals surface area (Å²) in [7, 11) is 0. The molecule has 1 N–H and O–H groups in total. The lowest BCUT2D eigenvalue weighted by atomic mass is 9.96. The van der Waals surface area contributed by atoms with Gasteiger partial charge in [-0.1, -0.05) is 36.4 Å². The molecule has 0 saturated carbocycles. The van der Waals surface area contributed by atoms with Crippen LogP contribution in [0.2, 0.25) is 0 Å². The van der Waals surface area contributed by atoms with Crippen molar-refractivity contribution in [3.63, 3.8) is 0 Å². The van der Waals surface area contributed by atoms with Gasteiger partial charge in [-0.15, -0.1) is 0 Å². The number of carboxylic acid groups (broad SMARTS) is 1. The highest BCUT2D eigenvalue weighted by Crippen LogP contribution is 2.37. The van der Waals surface area contributed by atoms with E-state index in [1.807, 2.05) is 0 Å². The fraction of sp³-hybridized carbons (Fsp3) is 0.154. The molecule has 0 aliphatic rings. The van der Waals surface area contributed by atoms with Gasteiger partial charge in [-0.25, -0.2) is 0 Å². The van der Waals surface area contributed by atoms with Crippen molar-refractivity contribution in [1.29, 1.82) is 0 Å². The van der Waals surface area contributed by atoms with Crippen molar-refractivity contribution >= 4 is 16.7 Å². The molecule has 2 nitrogen and oxygen atoms in total. The summed E-state index contributed by atoms with van der Waals surface area (Å²) in [5.74, 6) is -1.28. The van der Waals surface area contributed by atoms with Crippen LogP contribution in [0.5, 0.6) is 0 Å². The summed E-state index contributed by atoms with van der Waals surface area (Å²) < 4.78 is 39.1. The van der Waals surface area contributed by atoms with E-state index in [9.17, 15) is 18.0 Å². The maximum atomic E-state index is 13.0.